The zero-order valence-corrected chi connectivity index (χ0v) is 9.24. The van der Waals surface area contributed by atoms with E-state index in [1.54, 1.807) is 22.6 Å². The number of hydrogen-bond donors (Lipinski definition) is 0. The molecule has 0 aromatic carbocycles. The Hall–Kier alpha value is 0.150. The Morgan fingerprint density at radius 3 is 2.58 bits per heavy atom. The summed E-state index contributed by atoms with van der Waals surface area (Å²) >= 11 is 4.55. The summed E-state index contributed by atoms with van der Waals surface area (Å²) in [5.74, 6) is -0.905. The third-order valence-electron chi connectivity index (χ3n) is 1.15. The summed E-state index contributed by atoms with van der Waals surface area (Å²) in [5, 5.41) is 0. The summed E-state index contributed by atoms with van der Waals surface area (Å²) in [4.78, 5) is 3.33. The van der Waals surface area contributed by atoms with Crippen LogP contribution in [0.1, 0.15) is 12.0 Å². The Bertz CT molecular complexity index is 305. The first-order chi connectivity index (χ1) is 5.52. The molecule has 1 aromatic rings. The standard InChI is InChI=1S/C6H2BrF3IN/c7-5-4(11)2(6(9)10)1-3(8)12-5/h1,6H. The van der Waals surface area contributed by atoms with Gasteiger partial charge in [-0.25, -0.2) is 13.8 Å². The second kappa shape index (κ2) is 3.91. The fraction of sp³-hybridized carbons (Fsp3) is 0.167. The Labute approximate surface area is 88.6 Å². The van der Waals surface area contributed by atoms with Crippen LogP contribution in [0.5, 0.6) is 0 Å². The van der Waals surface area contributed by atoms with Crippen molar-refractivity contribution in [1.82, 2.24) is 4.98 Å². The third-order valence-corrected chi connectivity index (χ3v) is 3.60. The Morgan fingerprint density at radius 2 is 2.08 bits per heavy atom. The molecule has 0 bridgehead atoms. The van der Waals surface area contributed by atoms with Crippen LogP contribution < -0.4 is 0 Å². The van der Waals surface area contributed by atoms with E-state index < -0.39 is 12.4 Å². The normalized spacial score (nSPS) is 10.8. The first kappa shape index (κ1) is 10.2. The number of alkyl halides is 2. The molecule has 0 unspecified atom stereocenters. The van der Waals surface area contributed by atoms with E-state index in [9.17, 15) is 13.2 Å². The average Bonchev–Trinajstić information content (AvgIpc) is 1.96. The highest BCUT2D eigenvalue weighted by molar-refractivity contribution is 14.1. The van der Waals surface area contributed by atoms with E-state index in [-0.39, 0.29) is 13.7 Å². The van der Waals surface area contributed by atoms with Gasteiger partial charge in [0.05, 0.1) is 3.57 Å². The van der Waals surface area contributed by atoms with Gasteiger partial charge in [0.15, 0.2) is 0 Å². The number of aromatic nitrogens is 1. The number of hydrogen-bond acceptors (Lipinski definition) is 1. The number of rotatable bonds is 1. The highest BCUT2D eigenvalue weighted by atomic mass is 127. The van der Waals surface area contributed by atoms with E-state index in [0.717, 1.165) is 6.07 Å². The number of nitrogens with zero attached hydrogens (tertiary/aromatic N) is 1. The molecule has 0 saturated heterocycles. The van der Waals surface area contributed by atoms with Crippen molar-refractivity contribution in [3.8, 4) is 0 Å². The number of pyridine rings is 1. The van der Waals surface area contributed by atoms with Crippen LogP contribution in [0.2, 0.25) is 0 Å². The molecule has 0 spiro atoms. The lowest BCUT2D eigenvalue weighted by Crippen LogP contribution is -1.96. The summed E-state index contributed by atoms with van der Waals surface area (Å²) in [6.07, 6.45) is -2.68. The van der Waals surface area contributed by atoms with Gasteiger partial charge in [0.25, 0.3) is 6.43 Å². The quantitative estimate of drug-likeness (QED) is 0.557. The first-order valence-corrected chi connectivity index (χ1v) is 4.69. The van der Waals surface area contributed by atoms with Gasteiger partial charge in [-0.3, -0.25) is 0 Å². The fourth-order valence-electron chi connectivity index (χ4n) is 0.645. The second-order valence-corrected chi connectivity index (χ2v) is 3.77. The Balaban J connectivity index is 3.28. The predicted octanol–water partition coefficient (Wildman–Crippen LogP) is 3.53. The van der Waals surface area contributed by atoms with Crippen molar-refractivity contribution in [2.24, 2.45) is 0 Å². The lowest BCUT2D eigenvalue weighted by molar-refractivity contribution is 0.149. The van der Waals surface area contributed by atoms with Crippen LogP contribution in [0.3, 0.4) is 0 Å². The van der Waals surface area contributed by atoms with E-state index in [1.807, 2.05) is 0 Å². The molecule has 0 radical (unpaired) electrons. The van der Waals surface area contributed by atoms with Crippen LogP contribution in [0.15, 0.2) is 10.7 Å². The molecule has 12 heavy (non-hydrogen) atoms. The molecule has 0 aliphatic heterocycles. The van der Waals surface area contributed by atoms with Crippen LogP contribution in [0, 0.1) is 9.52 Å². The molecular weight excluding hydrogens is 350 g/mol. The van der Waals surface area contributed by atoms with Crippen LogP contribution in [-0.4, -0.2) is 4.98 Å². The minimum absolute atomic E-state index is 0.110. The van der Waals surface area contributed by atoms with E-state index >= 15 is 0 Å². The molecule has 0 atom stereocenters. The van der Waals surface area contributed by atoms with Gasteiger partial charge in [-0.15, -0.1) is 0 Å². The van der Waals surface area contributed by atoms with Gasteiger partial charge in [-0.2, -0.15) is 4.39 Å². The van der Waals surface area contributed by atoms with E-state index in [0.29, 0.717) is 0 Å². The van der Waals surface area contributed by atoms with Gasteiger partial charge in [0.2, 0.25) is 5.95 Å². The monoisotopic (exact) mass is 351 g/mol. The zero-order chi connectivity index (χ0) is 9.30. The Morgan fingerprint density at radius 1 is 1.50 bits per heavy atom. The van der Waals surface area contributed by atoms with Crippen molar-refractivity contribution >= 4 is 38.5 Å². The van der Waals surface area contributed by atoms with E-state index in [2.05, 4.69) is 20.9 Å². The maximum atomic E-state index is 12.5. The van der Waals surface area contributed by atoms with Crippen molar-refractivity contribution in [1.29, 1.82) is 0 Å². The molecule has 1 rings (SSSR count). The van der Waals surface area contributed by atoms with Gasteiger partial charge in [-0.1, -0.05) is 0 Å². The van der Waals surface area contributed by atoms with Crippen LogP contribution >= 0.6 is 38.5 Å². The molecule has 0 aliphatic rings. The highest BCUT2D eigenvalue weighted by Gasteiger charge is 2.16. The lowest BCUT2D eigenvalue weighted by atomic mass is 10.3. The summed E-state index contributed by atoms with van der Waals surface area (Å²) in [5.41, 5.74) is -0.338. The maximum Gasteiger partial charge on any atom is 0.265 e. The van der Waals surface area contributed by atoms with Crippen LogP contribution in [0.25, 0.3) is 0 Å². The maximum absolute atomic E-state index is 12.5. The highest BCUT2D eigenvalue weighted by Crippen LogP contribution is 2.28. The van der Waals surface area contributed by atoms with Gasteiger partial charge >= 0.3 is 0 Å². The van der Waals surface area contributed by atoms with Crippen molar-refractivity contribution < 1.29 is 13.2 Å². The zero-order valence-electron chi connectivity index (χ0n) is 5.49. The molecule has 0 aliphatic carbocycles. The molecule has 0 saturated carbocycles. The molecule has 1 heterocycles. The lowest BCUT2D eigenvalue weighted by Gasteiger charge is -2.03. The SMILES string of the molecule is Fc1cc(C(F)F)c(I)c(Br)n1. The first-order valence-electron chi connectivity index (χ1n) is 2.82. The van der Waals surface area contributed by atoms with Crippen LogP contribution in [0.4, 0.5) is 13.2 Å². The summed E-state index contributed by atoms with van der Waals surface area (Å²) in [7, 11) is 0. The minimum Gasteiger partial charge on any atom is -0.212 e. The van der Waals surface area contributed by atoms with Gasteiger partial charge in [0, 0.05) is 11.6 Å². The Kier molecular flexibility index (Phi) is 3.33. The molecule has 1 nitrogen and oxygen atoms in total. The van der Waals surface area contributed by atoms with E-state index in [4.69, 9.17) is 0 Å². The topological polar surface area (TPSA) is 12.9 Å². The van der Waals surface area contributed by atoms with Gasteiger partial charge < -0.3 is 0 Å². The van der Waals surface area contributed by atoms with Crippen molar-refractivity contribution in [3.63, 3.8) is 0 Å². The predicted molar refractivity (Wildman–Crippen MR) is 49.6 cm³/mol. The van der Waals surface area contributed by atoms with Crippen molar-refractivity contribution in [2.75, 3.05) is 0 Å². The molecule has 1 aromatic heterocycles. The second-order valence-electron chi connectivity index (χ2n) is 1.94. The average molecular weight is 352 g/mol. The largest absolute Gasteiger partial charge is 0.265 e. The minimum atomic E-state index is -2.68. The van der Waals surface area contributed by atoms with Gasteiger partial charge in [-0.05, 0) is 38.5 Å². The molecule has 6 heteroatoms. The number of halogens is 5. The molecule has 0 fully saturated rings. The van der Waals surface area contributed by atoms with Crippen LogP contribution in [-0.2, 0) is 0 Å². The molecular formula is C6H2BrF3IN. The molecule has 0 amide bonds. The van der Waals surface area contributed by atoms with Crippen molar-refractivity contribution in [3.05, 3.63) is 25.8 Å². The molecule has 66 valence electrons. The smallest absolute Gasteiger partial charge is 0.212 e. The summed E-state index contributed by atoms with van der Waals surface area (Å²) < 4.78 is 37.2. The van der Waals surface area contributed by atoms with Gasteiger partial charge in [0.1, 0.15) is 4.60 Å². The van der Waals surface area contributed by atoms with Crippen molar-refractivity contribution in [2.45, 2.75) is 6.43 Å². The summed E-state index contributed by atoms with van der Waals surface area (Å²) in [6, 6.07) is 0.733. The third kappa shape index (κ3) is 2.09. The molecule has 0 N–H and O–H groups in total. The van der Waals surface area contributed by atoms with E-state index in [1.165, 1.54) is 0 Å². The summed E-state index contributed by atoms with van der Waals surface area (Å²) in [6.45, 7) is 0. The fourth-order valence-corrected chi connectivity index (χ4v) is 1.55.